The SMILES string of the molecule is NC/C=C/c1cccc(OCc2ccccc2)c1O. The van der Waals surface area contributed by atoms with Crippen LogP contribution in [0.2, 0.25) is 0 Å². The maximum absolute atomic E-state index is 10.1. The van der Waals surface area contributed by atoms with Crippen LogP contribution >= 0.6 is 0 Å². The van der Waals surface area contributed by atoms with Crippen molar-refractivity contribution < 1.29 is 9.84 Å². The van der Waals surface area contributed by atoms with E-state index in [9.17, 15) is 5.11 Å². The predicted octanol–water partition coefficient (Wildman–Crippen LogP) is 2.94. The average Bonchev–Trinajstić information content (AvgIpc) is 2.46. The highest BCUT2D eigenvalue weighted by Gasteiger charge is 2.05. The lowest BCUT2D eigenvalue weighted by molar-refractivity contribution is 0.289. The zero-order valence-corrected chi connectivity index (χ0v) is 10.6. The third-order valence-corrected chi connectivity index (χ3v) is 2.70. The van der Waals surface area contributed by atoms with Gasteiger partial charge in [0, 0.05) is 12.1 Å². The summed E-state index contributed by atoms with van der Waals surface area (Å²) in [5.41, 5.74) is 7.16. The van der Waals surface area contributed by atoms with Crippen molar-refractivity contribution in [1.82, 2.24) is 0 Å². The van der Waals surface area contributed by atoms with Crippen LogP contribution in [0.3, 0.4) is 0 Å². The molecule has 0 fully saturated rings. The van der Waals surface area contributed by atoms with E-state index in [1.807, 2.05) is 42.5 Å². The Bertz CT molecular complexity index is 550. The number of hydrogen-bond acceptors (Lipinski definition) is 3. The van der Waals surface area contributed by atoms with Crippen LogP contribution in [-0.2, 0) is 6.61 Å². The first-order valence-corrected chi connectivity index (χ1v) is 6.16. The smallest absolute Gasteiger partial charge is 0.165 e. The first kappa shape index (κ1) is 13.2. The lowest BCUT2D eigenvalue weighted by Gasteiger charge is -2.09. The maximum atomic E-state index is 10.1. The van der Waals surface area contributed by atoms with Gasteiger partial charge in [0.1, 0.15) is 6.61 Å². The summed E-state index contributed by atoms with van der Waals surface area (Å²) in [4.78, 5) is 0. The zero-order valence-electron chi connectivity index (χ0n) is 10.6. The molecule has 2 aromatic carbocycles. The fourth-order valence-corrected chi connectivity index (χ4v) is 1.72. The zero-order chi connectivity index (χ0) is 13.5. The van der Waals surface area contributed by atoms with Gasteiger partial charge in [-0.25, -0.2) is 0 Å². The Balaban J connectivity index is 2.10. The van der Waals surface area contributed by atoms with Gasteiger partial charge < -0.3 is 15.6 Å². The maximum Gasteiger partial charge on any atom is 0.165 e. The summed E-state index contributed by atoms with van der Waals surface area (Å²) in [7, 11) is 0. The van der Waals surface area contributed by atoms with Gasteiger partial charge in [-0.2, -0.15) is 0 Å². The largest absolute Gasteiger partial charge is 0.504 e. The van der Waals surface area contributed by atoms with Crippen molar-refractivity contribution in [2.24, 2.45) is 5.73 Å². The molecule has 0 aromatic heterocycles. The molecule has 2 rings (SSSR count). The van der Waals surface area contributed by atoms with Crippen LogP contribution in [0, 0.1) is 0 Å². The second-order valence-electron chi connectivity index (χ2n) is 4.11. The Morgan fingerprint density at radius 3 is 2.58 bits per heavy atom. The summed E-state index contributed by atoms with van der Waals surface area (Å²) in [6.07, 6.45) is 3.57. The summed E-state index contributed by atoms with van der Waals surface area (Å²) >= 11 is 0. The third-order valence-electron chi connectivity index (χ3n) is 2.70. The number of benzene rings is 2. The Hall–Kier alpha value is -2.26. The Labute approximate surface area is 113 Å². The topological polar surface area (TPSA) is 55.5 Å². The molecule has 0 heterocycles. The first-order valence-electron chi connectivity index (χ1n) is 6.16. The molecule has 19 heavy (non-hydrogen) atoms. The molecule has 0 saturated carbocycles. The second kappa shape index (κ2) is 6.61. The number of aromatic hydroxyl groups is 1. The number of rotatable bonds is 5. The Morgan fingerprint density at radius 2 is 1.84 bits per heavy atom. The minimum Gasteiger partial charge on any atom is -0.504 e. The number of ether oxygens (including phenoxy) is 1. The molecule has 98 valence electrons. The minimum absolute atomic E-state index is 0.142. The van der Waals surface area contributed by atoms with Crippen LogP contribution in [0.5, 0.6) is 11.5 Å². The molecule has 0 aliphatic rings. The molecule has 0 aliphatic heterocycles. The predicted molar refractivity (Wildman–Crippen MR) is 77.0 cm³/mol. The molecule has 3 heteroatoms. The van der Waals surface area contributed by atoms with E-state index >= 15 is 0 Å². The van der Waals surface area contributed by atoms with E-state index in [0.717, 1.165) is 5.56 Å². The summed E-state index contributed by atoms with van der Waals surface area (Å²) < 4.78 is 5.63. The number of hydrogen-bond donors (Lipinski definition) is 2. The minimum atomic E-state index is 0.142. The molecule has 0 saturated heterocycles. The molecule has 3 nitrogen and oxygen atoms in total. The average molecular weight is 255 g/mol. The van der Waals surface area contributed by atoms with Crippen molar-refractivity contribution in [3.63, 3.8) is 0 Å². The highest BCUT2D eigenvalue weighted by atomic mass is 16.5. The highest BCUT2D eigenvalue weighted by Crippen LogP contribution is 2.31. The first-order chi connectivity index (χ1) is 9.31. The second-order valence-corrected chi connectivity index (χ2v) is 4.11. The summed E-state index contributed by atoms with van der Waals surface area (Å²) in [5.74, 6) is 0.617. The van der Waals surface area contributed by atoms with Gasteiger partial charge in [-0.15, -0.1) is 0 Å². The van der Waals surface area contributed by atoms with Gasteiger partial charge in [0.2, 0.25) is 0 Å². The molecule has 2 aromatic rings. The third kappa shape index (κ3) is 3.60. The molecule has 3 N–H and O–H groups in total. The molecule has 0 spiro atoms. The number of para-hydroxylation sites is 1. The van der Waals surface area contributed by atoms with Crippen molar-refractivity contribution in [2.75, 3.05) is 6.54 Å². The highest BCUT2D eigenvalue weighted by molar-refractivity contribution is 5.61. The van der Waals surface area contributed by atoms with E-state index in [4.69, 9.17) is 10.5 Å². The molecule has 0 atom stereocenters. The Morgan fingerprint density at radius 1 is 1.05 bits per heavy atom. The summed E-state index contributed by atoms with van der Waals surface area (Å²) in [6, 6.07) is 15.2. The molecule has 0 unspecified atom stereocenters. The van der Waals surface area contributed by atoms with Crippen LogP contribution in [0.15, 0.2) is 54.6 Å². The molecule has 0 bridgehead atoms. The van der Waals surface area contributed by atoms with E-state index in [-0.39, 0.29) is 5.75 Å². The quantitative estimate of drug-likeness (QED) is 0.863. The van der Waals surface area contributed by atoms with Crippen molar-refractivity contribution in [2.45, 2.75) is 6.61 Å². The monoisotopic (exact) mass is 255 g/mol. The van der Waals surface area contributed by atoms with Crippen molar-refractivity contribution in [1.29, 1.82) is 0 Å². The van der Waals surface area contributed by atoms with Gasteiger partial charge in [-0.3, -0.25) is 0 Å². The van der Waals surface area contributed by atoms with Crippen molar-refractivity contribution >= 4 is 6.08 Å². The van der Waals surface area contributed by atoms with Gasteiger partial charge in [0.25, 0.3) is 0 Å². The van der Waals surface area contributed by atoms with E-state index in [0.29, 0.717) is 24.5 Å². The van der Waals surface area contributed by atoms with Crippen molar-refractivity contribution in [3.8, 4) is 11.5 Å². The van der Waals surface area contributed by atoms with Gasteiger partial charge in [0.15, 0.2) is 11.5 Å². The van der Waals surface area contributed by atoms with Crippen LogP contribution in [-0.4, -0.2) is 11.7 Å². The van der Waals surface area contributed by atoms with Gasteiger partial charge in [-0.05, 0) is 11.6 Å². The van der Waals surface area contributed by atoms with E-state index in [1.54, 1.807) is 18.2 Å². The van der Waals surface area contributed by atoms with Gasteiger partial charge >= 0.3 is 0 Å². The summed E-state index contributed by atoms with van der Waals surface area (Å²) in [5, 5.41) is 10.1. The van der Waals surface area contributed by atoms with Gasteiger partial charge in [0.05, 0.1) is 0 Å². The van der Waals surface area contributed by atoms with Crippen LogP contribution in [0.25, 0.3) is 6.08 Å². The molecular weight excluding hydrogens is 238 g/mol. The number of nitrogens with two attached hydrogens (primary N) is 1. The van der Waals surface area contributed by atoms with E-state index in [2.05, 4.69) is 0 Å². The lowest BCUT2D eigenvalue weighted by Crippen LogP contribution is -1.96. The molecular formula is C16H17NO2. The van der Waals surface area contributed by atoms with E-state index in [1.165, 1.54) is 0 Å². The number of phenols is 1. The van der Waals surface area contributed by atoms with Gasteiger partial charge in [-0.1, -0.05) is 54.6 Å². The normalized spacial score (nSPS) is 10.8. The van der Waals surface area contributed by atoms with Crippen LogP contribution in [0.1, 0.15) is 11.1 Å². The molecule has 0 amide bonds. The van der Waals surface area contributed by atoms with Crippen molar-refractivity contribution in [3.05, 3.63) is 65.7 Å². The van der Waals surface area contributed by atoms with E-state index < -0.39 is 0 Å². The lowest BCUT2D eigenvalue weighted by atomic mass is 10.1. The molecule has 0 radical (unpaired) electrons. The van der Waals surface area contributed by atoms with Crippen LogP contribution < -0.4 is 10.5 Å². The molecule has 0 aliphatic carbocycles. The Kier molecular flexibility index (Phi) is 4.59. The fraction of sp³-hybridized carbons (Fsp3) is 0.125. The number of phenolic OH excluding ortho intramolecular Hbond substituents is 1. The standard InChI is InChI=1S/C16H17NO2/c17-11-5-9-14-8-4-10-15(16(14)18)19-12-13-6-2-1-3-7-13/h1-10,18H,11-12,17H2/b9-5+. The fourth-order valence-electron chi connectivity index (χ4n) is 1.72. The summed E-state index contributed by atoms with van der Waals surface area (Å²) in [6.45, 7) is 0.868. The van der Waals surface area contributed by atoms with Crippen LogP contribution in [0.4, 0.5) is 0 Å².